The van der Waals surface area contributed by atoms with Crippen LogP contribution in [0, 0.1) is 11.3 Å². The molecule has 0 saturated carbocycles. The molecule has 4 heteroatoms. The van der Waals surface area contributed by atoms with Crippen molar-refractivity contribution >= 4 is 11.7 Å². The highest BCUT2D eigenvalue weighted by Gasteiger charge is 2.06. The average Bonchev–Trinajstić information content (AvgIpc) is 2.14. The minimum absolute atomic E-state index is 0.0866. The number of carbonyl (C=O) groups is 1. The van der Waals surface area contributed by atoms with Crippen LogP contribution in [-0.4, -0.2) is 5.97 Å². The number of carbonyl (C=O) groups excluding carboxylic acids is 1. The van der Waals surface area contributed by atoms with E-state index in [1.807, 2.05) is 6.07 Å². The molecule has 0 atom stereocenters. The highest BCUT2D eigenvalue weighted by molar-refractivity contribution is 5.66. The summed E-state index contributed by atoms with van der Waals surface area (Å²) in [5.74, 6) is -0.378. The molecule has 1 aromatic rings. The van der Waals surface area contributed by atoms with E-state index in [-0.39, 0.29) is 12.6 Å². The van der Waals surface area contributed by atoms with Crippen molar-refractivity contribution in [3.8, 4) is 6.07 Å². The first-order valence-electron chi connectivity index (χ1n) is 4.06. The van der Waals surface area contributed by atoms with E-state index in [1.165, 1.54) is 6.92 Å². The minimum Gasteiger partial charge on any atom is -0.461 e. The molecule has 0 aliphatic rings. The second-order valence-corrected chi connectivity index (χ2v) is 2.77. The number of nitrogens with zero attached hydrogens (tertiary/aromatic N) is 1. The summed E-state index contributed by atoms with van der Waals surface area (Å²) in [5, 5.41) is 8.79. The van der Waals surface area contributed by atoms with Crippen LogP contribution < -0.4 is 5.73 Å². The number of nitriles is 1. The van der Waals surface area contributed by atoms with Crippen LogP contribution in [0.25, 0.3) is 0 Å². The maximum absolute atomic E-state index is 10.6. The topological polar surface area (TPSA) is 76.1 Å². The molecule has 0 heterocycles. The predicted molar refractivity (Wildman–Crippen MR) is 51.0 cm³/mol. The van der Waals surface area contributed by atoms with E-state index >= 15 is 0 Å². The van der Waals surface area contributed by atoms with Crippen molar-refractivity contribution in [2.45, 2.75) is 13.5 Å². The Kier molecular flexibility index (Phi) is 3.08. The Bertz CT molecular complexity index is 394. The summed E-state index contributed by atoms with van der Waals surface area (Å²) in [6, 6.07) is 7.03. The number of anilines is 1. The largest absolute Gasteiger partial charge is 0.461 e. The Morgan fingerprint density at radius 1 is 1.64 bits per heavy atom. The first kappa shape index (κ1) is 10.1. The third kappa shape index (κ3) is 2.23. The molecule has 1 aromatic carbocycles. The van der Waals surface area contributed by atoms with Gasteiger partial charge in [-0.25, -0.2) is 0 Å². The lowest BCUT2D eigenvalue weighted by atomic mass is 10.1. The normalized spacial score (nSPS) is 9.14. The number of nitrogen functional groups attached to an aromatic ring is 1. The highest BCUT2D eigenvalue weighted by atomic mass is 16.5. The van der Waals surface area contributed by atoms with Gasteiger partial charge in [-0.1, -0.05) is 12.1 Å². The lowest BCUT2D eigenvalue weighted by Gasteiger charge is -2.05. The van der Waals surface area contributed by atoms with Crippen molar-refractivity contribution in [1.82, 2.24) is 0 Å². The van der Waals surface area contributed by atoms with Gasteiger partial charge in [-0.2, -0.15) is 5.26 Å². The SMILES string of the molecule is CC(=O)OCc1cccc(N)c1C#N. The van der Waals surface area contributed by atoms with Crippen LogP contribution in [-0.2, 0) is 16.1 Å². The summed E-state index contributed by atoms with van der Waals surface area (Å²) >= 11 is 0. The number of nitrogens with two attached hydrogens (primary N) is 1. The van der Waals surface area contributed by atoms with Crippen LogP contribution in [0.4, 0.5) is 5.69 Å². The molecular weight excluding hydrogens is 180 g/mol. The fraction of sp³-hybridized carbons (Fsp3) is 0.200. The van der Waals surface area contributed by atoms with E-state index in [4.69, 9.17) is 15.7 Å². The van der Waals surface area contributed by atoms with Gasteiger partial charge in [-0.3, -0.25) is 4.79 Å². The van der Waals surface area contributed by atoms with Crippen molar-refractivity contribution in [3.05, 3.63) is 29.3 Å². The first-order valence-corrected chi connectivity index (χ1v) is 4.06. The van der Waals surface area contributed by atoms with E-state index in [0.717, 1.165) is 0 Å². The van der Waals surface area contributed by atoms with Crippen molar-refractivity contribution in [2.75, 3.05) is 5.73 Å². The van der Waals surface area contributed by atoms with Crippen LogP contribution >= 0.6 is 0 Å². The molecule has 4 nitrogen and oxygen atoms in total. The van der Waals surface area contributed by atoms with Gasteiger partial charge in [0.2, 0.25) is 0 Å². The monoisotopic (exact) mass is 190 g/mol. The lowest BCUT2D eigenvalue weighted by Crippen LogP contribution is -2.02. The summed E-state index contributed by atoms with van der Waals surface area (Å²) in [6.45, 7) is 1.40. The van der Waals surface area contributed by atoms with Crippen LogP contribution in [0.1, 0.15) is 18.1 Å². The molecule has 0 bridgehead atoms. The molecule has 0 saturated heterocycles. The van der Waals surface area contributed by atoms with E-state index in [9.17, 15) is 4.79 Å². The molecular formula is C10H10N2O2. The van der Waals surface area contributed by atoms with E-state index in [1.54, 1.807) is 18.2 Å². The number of esters is 1. The van der Waals surface area contributed by atoms with E-state index in [2.05, 4.69) is 0 Å². The fourth-order valence-corrected chi connectivity index (χ4v) is 1.06. The van der Waals surface area contributed by atoms with Gasteiger partial charge in [0, 0.05) is 18.2 Å². The summed E-state index contributed by atoms with van der Waals surface area (Å²) < 4.78 is 4.78. The zero-order chi connectivity index (χ0) is 10.6. The van der Waals surface area contributed by atoms with Crippen molar-refractivity contribution < 1.29 is 9.53 Å². The molecule has 0 spiro atoms. The molecule has 14 heavy (non-hydrogen) atoms. The third-order valence-electron chi connectivity index (χ3n) is 1.73. The molecule has 72 valence electrons. The zero-order valence-electron chi connectivity index (χ0n) is 7.78. The maximum atomic E-state index is 10.6. The molecule has 1 rings (SSSR count). The molecule has 0 amide bonds. The van der Waals surface area contributed by atoms with Gasteiger partial charge in [0.1, 0.15) is 12.7 Å². The second-order valence-electron chi connectivity index (χ2n) is 2.77. The van der Waals surface area contributed by atoms with Gasteiger partial charge in [0.25, 0.3) is 0 Å². The lowest BCUT2D eigenvalue weighted by molar-refractivity contribution is -0.142. The molecule has 0 aliphatic carbocycles. The van der Waals surface area contributed by atoms with Crippen LogP contribution in [0.3, 0.4) is 0 Å². The number of hydrogen-bond acceptors (Lipinski definition) is 4. The van der Waals surface area contributed by atoms with Gasteiger partial charge in [0.05, 0.1) is 5.56 Å². The Hall–Kier alpha value is -2.02. The molecule has 0 aliphatic heterocycles. The van der Waals surface area contributed by atoms with Gasteiger partial charge >= 0.3 is 5.97 Å². The average molecular weight is 190 g/mol. The number of benzene rings is 1. The summed E-state index contributed by atoms with van der Waals surface area (Å²) in [7, 11) is 0. The summed E-state index contributed by atoms with van der Waals surface area (Å²) in [4.78, 5) is 10.6. The minimum atomic E-state index is -0.378. The van der Waals surface area contributed by atoms with Gasteiger partial charge in [-0.05, 0) is 6.07 Å². The van der Waals surface area contributed by atoms with Crippen LogP contribution in [0.5, 0.6) is 0 Å². The predicted octanol–water partition coefficient (Wildman–Crippen LogP) is 1.20. The van der Waals surface area contributed by atoms with Crippen LogP contribution in [0.15, 0.2) is 18.2 Å². The van der Waals surface area contributed by atoms with Crippen molar-refractivity contribution in [3.63, 3.8) is 0 Å². The molecule has 0 fully saturated rings. The summed E-state index contributed by atoms with van der Waals surface area (Å²) in [6.07, 6.45) is 0. The van der Waals surface area contributed by atoms with E-state index < -0.39 is 0 Å². The Morgan fingerprint density at radius 2 is 2.36 bits per heavy atom. The fourth-order valence-electron chi connectivity index (χ4n) is 1.06. The standard InChI is InChI=1S/C10H10N2O2/c1-7(13)14-6-8-3-2-4-10(12)9(8)5-11/h2-4H,6,12H2,1H3. The Labute approximate surface area is 81.9 Å². The van der Waals surface area contributed by atoms with Gasteiger partial charge in [0.15, 0.2) is 0 Å². The molecule has 2 N–H and O–H groups in total. The number of ether oxygens (including phenoxy) is 1. The molecule has 0 unspecified atom stereocenters. The smallest absolute Gasteiger partial charge is 0.302 e. The van der Waals surface area contributed by atoms with Crippen LogP contribution in [0.2, 0.25) is 0 Å². The van der Waals surface area contributed by atoms with Crippen molar-refractivity contribution in [2.24, 2.45) is 0 Å². The van der Waals surface area contributed by atoms with E-state index in [0.29, 0.717) is 16.8 Å². The molecule has 0 radical (unpaired) electrons. The number of rotatable bonds is 2. The number of hydrogen-bond donors (Lipinski definition) is 1. The maximum Gasteiger partial charge on any atom is 0.302 e. The Morgan fingerprint density at radius 3 is 2.93 bits per heavy atom. The highest BCUT2D eigenvalue weighted by Crippen LogP contribution is 2.16. The first-order chi connectivity index (χ1) is 6.65. The Balaban J connectivity index is 2.92. The molecule has 0 aromatic heterocycles. The zero-order valence-corrected chi connectivity index (χ0v) is 7.78. The van der Waals surface area contributed by atoms with Gasteiger partial charge < -0.3 is 10.5 Å². The van der Waals surface area contributed by atoms with Crippen molar-refractivity contribution in [1.29, 1.82) is 5.26 Å². The van der Waals surface area contributed by atoms with Gasteiger partial charge in [-0.15, -0.1) is 0 Å². The quantitative estimate of drug-likeness (QED) is 0.561. The third-order valence-corrected chi connectivity index (χ3v) is 1.73. The summed E-state index contributed by atoms with van der Waals surface area (Å²) in [5.41, 5.74) is 6.97. The second kappa shape index (κ2) is 4.28.